The summed E-state index contributed by atoms with van der Waals surface area (Å²) in [5, 5.41) is 0. The highest BCUT2D eigenvalue weighted by Gasteiger charge is 2.02. The molecule has 1 aromatic rings. The highest BCUT2D eigenvalue weighted by molar-refractivity contribution is 5.78. The van der Waals surface area contributed by atoms with Crippen LogP contribution in [0.1, 0.15) is 38.4 Å². The normalized spacial score (nSPS) is 10.4. The number of hydrogen-bond donors (Lipinski definition) is 0. The lowest BCUT2D eigenvalue weighted by molar-refractivity contribution is -0.119. The summed E-state index contributed by atoms with van der Waals surface area (Å²) in [7, 11) is 1.98. The quantitative estimate of drug-likeness (QED) is 0.695. The lowest BCUT2D eigenvalue weighted by atomic mass is 10.1. The number of nitrogens with zero attached hydrogens (tertiary/aromatic N) is 2. The molecule has 0 spiro atoms. The first kappa shape index (κ1) is 11.0. The molecule has 1 rings (SSSR count). The van der Waals surface area contributed by atoms with Crippen LogP contribution in [-0.2, 0) is 18.3 Å². The van der Waals surface area contributed by atoms with Crippen molar-refractivity contribution in [1.29, 1.82) is 0 Å². The van der Waals surface area contributed by atoms with Crippen molar-refractivity contribution in [2.45, 2.75) is 39.0 Å². The Balaban J connectivity index is 2.22. The molecule has 0 saturated heterocycles. The molecule has 0 atom stereocenters. The Morgan fingerprint density at radius 2 is 2.29 bits per heavy atom. The molecule has 3 heteroatoms. The van der Waals surface area contributed by atoms with E-state index in [2.05, 4.69) is 4.98 Å². The molecular weight excluding hydrogens is 176 g/mol. The van der Waals surface area contributed by atoms with Gasteiger partial charge in [0.15, 0.2) is 0 Å². The van der Waals surface area contributed by atoms with Crippen LogP contribution in [0.5, 0.6) is 0 Å². The molecule has 0 aromatic carbocycles. The second kappa shape index (κ2) is 5.58. The Labute approximate surface area is 85.2 Å². The van der Waals surface area contributed by atoms with Gasteiger partial charge in [-0.05, 0) is 12.8 Å². The van der Waals surface area contributed by atoms with E-state index < -0.39 is 0 Å². The van der Waals surface area contributed by atoms with Gasteiger partial charge in [0, 0.05) is 38.7 Å². The van der Waals surface area contributed by atoms with E-state index in [1.165, 1.54) is 0 Å². The molecular formula is C11H18N2O. The third kappa shape index (κ3) is 3.32. The van der Waals surface area contributed by atoms with Crippen LogP contribution in [0.25, 0.3) is 0 Å². The maximum absolute atomic E-state index is 11.2. The Morgan fingerprint density at radius 1 is 1.50 bits per heavy atom. The molecule has 0 unspecified atom stereocenters. The number of aromatic nitrogens is 2. The van der Waals surface area contributed by atoms with Gasteiger partial charge in [-0.3, -0.25) is 4.79 Å². The van der Waals surface area contributed by atoms with Gasteiger partial charge in [-0.2, -0.15) is 0 Å². The number of carbonyl (C=O) groups excluding carboxylic acids is 1. The Kier molecular flexibility index (Phi) is 4.36. The number of carbonyl (C=O) groups is 1. The van der Waals surface area contributed by atoms with Gasteiger partial charge in [0.05, 0.1) is 0 Å². The minimum atomic E-state index is 0.377. The molecule has 0 bridgehead atoms. The fourth-order valence-corrected chi connectivity index (χ4v) is 1.48. The molecule has 0 aliphatic heterocycles. The average molecular weight is 194 g/mol. The van der Waals surface area contributed by atoms with E-state index >= 15 is 0 Å². The monoisotopic (exact) mass is 194 g/mol. The molecule has 0 radical (unpaired) electrons. The Bertz CT molecular complexity index is 291. The molecule has 1 aromatic heterocycles. The van der Waals surface area contributed by atoms with Crippen LogP contribution >= 0.6 is 0 Å². The van der Waals surface area contributed by atoms with Crippen molar-refractivity contribution >= 4 is 5.78 Å². The van der Waals surface area contributed by atoms with E-state index in [4.69, 9.17) is 0 Å². The number of aryl methyl sites for hydroxylation is 2. The van der Waals surface area contributed by atoms with E-state index in [0.717, 1.165) is 31.5 Å². The zero-order chi connectivity index (χ0) is 10.4. The van der Waals surface area contributed by atoms with Crippen molar-refractivity contribution < 1.29 is 4.79 Å². The first-order chi connectivity index (χ1) is 6.74. The molecule has 78 valence electrons. The van der Waals surface area contributed by atoms with Crippen molar-refractivity contribution in [2.24, 2.45) is 7.05 Å². The van der Waals surface area contributed by atoms with Crippen LogP contribution in [0.4, 0.5) is 0 Å². The molecule has 0 fully saturated rings. The lowest BCUT2D eigenvalue weighted by Gasteiger charge is -2.00. The maximum Gasteiger partial charge on any atom is 0.132 e. The SMILES string of the molecule is CCCC(=O)CCCc1nccn1C. The standard InChI is InChI=1S/C11H18N2O/c1-3-5-10(14)6-4-7-11-12-8-9-13(11)2/h8-9H,3-7H2,1-2H3. The maximum atomic E-state index is 11.2. The van der Waals surface area contributed by atoms with Crippen molar-refractivity contribution in [3.63, 3.8) is 0 Å². The summed E-state index contributed by atoms with van der Waals surface area (Å²) >= 11 is 0. The first-order valence-corrected chi connectivity index (χ1v) is 5.22. The summed E-state index contributed by atoms with van der Waals surface area (Å²) in [6.45, 7) is 2.04. The third-order valence-electron chi connectivity index (χ3n) is 2.31. The van der Waals surface area contributed by atoms with Crippen LogP contribution in [0.3, 0.4) is 0 Å². The van der Waals surface area contributed by atoms with Crippen LogP contribution in [0.2, 0.25) is 0 Å². The van der Waals surface area contributed by atoms with Crippen molar-refractivity contribution in [1.82, 2.24) is 9.55 Å². The topological polar surface area (TPSA) is 34.9 Å². The zero-order valence-electron chi connectivity index (χ0n) is 8.99. The number of imidazole rings is 1. The number of rotatable bonds is 6. The zero-order valence-corrected chi connectivity index (χ0v) is 8.99. The molecule has 0 saturated carbocycles. The van der Waals surface area contributed by atoms with Crippen molar-refractivity contribution in [2.75, 3.05) is 0 Å². The van der Waals surface area contributed by atoms with Crippen molar-refractivity contribution in [3.05, 3.63) is 18.2 Å². The van der Waals surface area contributed by atoms with E-state index in [1.807, 2.05) is 24.7 Å². The van der Waals surface area contributed by atoms with Crippen molar-refractivity contribution in [3.8, 4) is 0 Å². The van der Waals surface area contributed by atoms with E-state index in [-0.39, 0.29) is 0 Å². The molecule has 3 nitrogen and oxygen atoms in total. The second-order valence-electron chi connectivity index (χ2n) is 3.60. The summed E-state index contributed by atoms with van der Waals surface area (Å²) in [4.78, 5) is 15.4. The molecule has 0 amide bonds. The van der Waals surface area contributed by atoms with Gasteiger partial charge in [0.1, 0.15) is 11.6 Å². The second-order valence-corrected chi connectivity index (χ2v) is 3.60. The lowest BCUT2D eigenvalue weighted by Crippen LogP contribution is -2.01. The molecule has 1 heterocycles. The van der Waals surface area contributed by atoms with Gasteiger partial charge < -0.3 is 4.57 Å². The summed E-state index contributed by atoms with van der Waals surface area (Å²) in [5.41, 5.74) is 0. The van der Waals surface area contributed by atoms with Crippen LogP contribution in [-0.4, -0.2) is 15.3 Å². The summed E-state index contributed by atoms with van der Waals surface area (Å²) in [5.74, 6) is 1.44. The van der Waals surface area contributed by atoms with E-state index in [0.29, 0.717) is 12.2 Å². The third-order valence-corrected chi connectivity index (χ3v) is 2.31. The van der Waals surface area contributed by atoms with Crippen LogP contribution in [0, 0.1) is 0 Å². The van der Waals surface area contributed by atoms with E-state index in [9.17, 15) is 4.79 Å². The van der Waals surface area contributed by atoms with Crippen LogP contribution in [0.15, 0.2) is 12.4 Å². The Morgan fingerprint density at radius 3 is 2.86 bits per heavy atom. The average Bonchev–Trinajstić information content (AvgIpc) is 2.52. The summed E-state index contributed by atoms with van der Waals surface area (Å²) < 4.78 is 2.00. The number of Topliss-reactive ketones (excluding diaryl/α,β-unsaturated/α-hetero) is 1. The number of ketones is 1. The summed E-state index contributed by atoms with van der Waals surface area (Å²) in [6.07, 6.45) is 7.93. The van der Waals surface area contributed by atoms with Gasteiger partial charge in [-0.15, -0.1) is 0 Å². The molecule has 14 heavy (non-hydrogen) atoms. The number of hydrogen-bond acceptors (Lipinski definition) is 2. The minimum absolute atomic E-state index is 0.377. The van der Waals surface area contributed by atoms with Gasteiger partial charge in [0.2, 0.25) is 0 Å². The minimum Gasteiger partial charge on any atom is -0.338 e. The van der Waals surface area contributed by atoms with E-state index in [1.54, 1.807) is 6.20 Å². The highest BCUT2D eigenvalue weighted by atomic mass is 16.1. The van der Waals surface area contributed by atoms with Crippen LogP contribution < -0.4 is 0 Å². The van der Waals surface area contributed by atoms with Gasteiger partial charge in [0.25, 0.3) is 0 Å². The largest absolute Gasteiger partial charge is 0.338 e. The van der Waals surface area contributed by atoms with Gasteiger partial charge in [-0.25, -0.2) is 4.98 Å². The molecule has 0 N–H and O–H groups in total. The van der Waals surface area contributed by atoms with Gasteiger partial charge >= 0.3 is 0 Å². The highest BCUT2D eigenvalue weighted by Crippen LogP contribution is 2.04. The fourth-order valence-electron chi connectivity index (χ4n) is 1.48. The molecule has 0 aliphatic rings. The Hall–Kier alpha value is -1.12. The smallest absolute Gasteiger partial charge is 0.132 e. The van der Waals surface area contributed by atoms with Gasteiger partial charge in [-0.1, -0.05) is 6.92 Å². The fraction of sp³-hybridized carbons (Fsp3) is 0.636. The predicted molar refractivity (Wildman–Crippen MR) is 56.1 cm³/mol. The summed E-state index contributed by atoms with van der Waals surface area (Å²) in [6, 6.07) is 0. The first-order valence-electron chi connectivity index (χ1n) is 5.22. The molecule has 0 aliphatic carbocycles. The predicted octanol–water partition coefficient (Wildman–Crippen LogP) is 2.11.